The Balaban J connectivity index is 1.38. The van der Waals surface area contributed by atoms with Gasteiger partial charge in [0.25, 0.3) is 0 Å². The molecule has 228 valence electrons. The lowest BCUT2D eigenvalue weighted by Gasteiger charge is -2.35. The number of likely N-dealkylation sites (tertiary alicyclic amines) is 1. The number of hydrogen-bond donors (Lipinski definition) is 2. The summed E-state index contributed by atoms with van der Waals surface area (Å²) in [6, 6.07) is 21.4. The van der Waals surface area contributed by atoms with Crippen molar-refractivity contribution in [2.24, 2.45) is 5.73 Å². The van der Waals surface area contributed by atoms with Crippen LogP contribution in [0.5, 0.6) is 0 Å². The van der Waals surface area contributed by atoms with Gasteiger partial charge in [-0.25, -0.2) is 0 Å². The summed E-state index contributed by atoms with van der Waals surface area (Å²) in [6.07, 6.45) is 8.95. The maximum absolute atomic E-state index is 13.6. The van der Waals surface area contributed by atoms with Crippen molar-refractivity contribution in [2.45, 2.75) is 75.8 Å². The Bertz CT molecular complexity index is 1080. The lowest BCUT2D eigenvalue weighted by atomic mass is 9.88. The van der Waals surface area contributed by atoms with Gasteiger partial charge in [-0.2, -0.15) is 0 Å². The summed E-state index contributed by atoms with van der Waals surface area (Å²) in [4.78, 5) is 44.7. The van der Waals surface area contributed by atoms with E-state index in [-0.39, 0.29) is 43.4 Å². The molecule has 0 bridgehead atoms. The van der Waals surface area contributed by atoms with Crippen LogP contribution in [-0.4, -0.2) is 90.8 Å². The van der Waals surface area contributed by atoms with Gasteiger partial charge in [0.1, 0.15) is 0 Å². The molecule has 2 aromatic rings. The van der Waals surface area contributed by atoms with Gasteiger partial charge in [0.2, 0.25) is 17.7 Å². The molecule has 1 aliphatic carbocycles. The average Bonchev–Trinajstić information content (AvgIpc) is 3.43. The number of nitrogens with one attached hydrogen (secondary N) is 1. The minimum absolute atomic E-state index is 0.0164. The van der Waals surface area contributed by atoms with Crippen LogP contribution in [0.1, 0.15) is 74.8 Å². The van der Waals surface area contributed by atoms with E-state index >= 15 is 0 Å². The normalized spacial score (nSPS) is 17.8. The Morgan fingerprint density at radius 2 is 1.52 bits per heavy atom. The zero-order valence-electron chi connectivity index (χ0n) is 25.3. The molecule has 3 amide bonds. The van der Waals surface area contributed by atoms with Gasteiger partial charge in [0.05, 0.1) is 19.6 Å². The highest BCUT2D eigenvalue weighted by molar-refractivity contribution is 5.88. The first kappa shape index (κ1) is 31.7. The van der Waals surface area contributed by atoms with Crippen LogP contribution in [0.15, 0.2) is 60.7 Å². The predicted molar refractivity (Wildman–Crippen MR) is 167 cm³/mol. The van der Waals surface area contributed by atoms with Crippen molar-refractivity contribution in [3.63, 3.8) is 0 Å². The second-order valence-corrected chi connectivity index (χ2v) is 12.0. The Kier molecular flexibility index (Phi) is 12.4. The molecule has 1 saturated carbocycles. The van der Waals surface area contributed by atoms with Crippen molar-refractivity contribution in [1.82, 2.24) is 20.0 Å². The fraction of sp³-hybridized carbons (Fsp3) is 0.559. The van der Waals surface area contributed by atoms with Crippen molar-refractivity contribution < 1.29 is 14.4 Å². The fourth-order valence-electron chi connectivity index (χ4n) is 6.63. The molecule has 1 saturated heterocycles. The molecular weight excluding hydrogens is 526 g/mol. The molecule has 1 unspecified atom stereocenters. The molecule has 2 fully saturated rings. The van der Waals surface area contributed by atoms with E-state index in [1.165, 1.54) is 11.1 Å². The molecular formula is C34H49N5O3. The SMILES string of the molecule is CN1CCCC1CCN(CC(=O)N(CC(N)=O)C1CCCCC1)C(=O)CNCCC(c1ccccc1)c1ccccc1. The van der Waals surface area contributed by atoms with Crippen LogP contribution in [-0.2, 0) is 14.4 Å². The standard InChI is InChI=1S/C34H49N5O3/c1-37-22-11-18-29(37)20-23-38(26-34(42)39(25-32(35)40)30-16-9-4-10-17-30)33(41)24-36-21-19-31(27-12-5-2-6-13-27)28-14-7-3-8-15-28/h2-3,5-8,12-15,29-31,36H,4,9-11,16-26H2,1H3,(H2,35,40). The number of amides is 3. The van der Waals surface area contributed by atoms with Gasteiger partial charge in [-0.1, -0.05) is 79.9 Å². The van der Waals surface area contributed by atoms with E-state index in [1.54, 1.807) is 9.80 Å². The molecule has 0 spiro atoms. The van der Waals surface area contributed by atoms with Gasteiger partial charge in [-0.05, 0) is 69.8 Å². The molecule has 0 radical (unpaired) electrons. The minimum Gasteiger partial charge on any atom is -0.368 e. The highest BCUT2D eigenvalue weighted by Crippen LogP contribution is 2.27. The van der Waals surface area contributed by atoms with Gasteiger partial charge >= 0.3 is 0 Å². The van der Waals surface area contributed by atoms with E-state index in [0.717, 1.165) is 64.3 Å². The zero-order valence-corrected chi connectivity index (χ0v) is 25.3. The molecule has 2 aliphatic rings. The van der Waals surface area contributed by atoms with E-state index in [9.17, 15) is 14.4 Å². The second kappa shape index (κ2) is 16.4. The first-order valence-corrected chi connectivity index (χ1v) is 15.8. The van der Waals surface area contributed by atoms with E-state index in [0.29, 0.717) is 19.1 Å². The van der Waals surface area contributed by atoms with Crippen LogP contribution in [0.3, 0.4) is 0 Å². The third-order valence-electron chi connectivity index (χ3n) is 9.03. The Hall–Kier alpha value is -3.23. The smallest absolute Gasteiger partial charge is 0.242 e. The number of carbonyl (C=O) groups excluding carboxylic acids is 3. The number of benzene rings is 2. The minimum atomic E-state index is -0.507. The summed E-state index contributed by atoms with van der Waals surface area (Å²) in [5.74, 6) is -0.541. The van der Waals surface area contributed by atoms with Crippen molar-refractivity contribution >= 4 is 17.7 Å². The predicted octanol–water partition coefficient (Wildman–Crippen LogP) is 3.76. The third kappa shape index (κ3) is 9.39. The fourth-order valence-corrected chi connectivity index (χ4v) is 6.63. The molecule has 1 heterocycles. The van der Waals surface area contributed by atoms with Crippen molar-refractivity contribution in [2.75, 3.05) is 46.3 Å². The van der Waals surface area contributed by atoms with Gasteiger partial charge in [0, 0.05) is 24.5 Å². The maximum atomic E-state index is 13.6. The molecule has 4 rings (SSSR count). The van der Waals surface area contributed by atoms with E-state index in [1.807, 2.05) is 12.1 Å². The summed E-state index contributed by atoms with van der Waals surface area (Å²) in [6.45, 7) is 2.32. The van der Waals surface area contributed by atoms with E-state index < -0.39 is 5.91 Å². The van der Waals surface area contributed by atoms with Gasteiger partial charge in [-0.3, -0.25) is 14.4 Å². The Labute approximate surface area is 251 Å². The number of nitrogens with zero attached hydrogens (tertiary/aromatic N) is 3. The van der Waals surface area contributed by atoms with Crippen molar-refractivity contribution in [1.29, 1.82) is 0 Å². The Morgan fingerprint density at radius 1 is 0.881 bits per heavy atom. The van der Waals surface area contributed by atoms with Crippen LogP contribution in [0.4, 0.5) is 0 Å². The lowest BCUT2D eigenvalue weighted by Crippen LogP contribution is -2.52. The van der Waals surface area contributed by atoms with Gasteiger partial charge in [-0.15, -0.1) is 0 Å². The number of carbonyl (C=O) groups is 3. The molecule has 2 aromatic carbocycles. The molecule has 1 aliphatic heterocycles. The molecule has 8 heteroatoms. The maximum Gasteiger partial charge on any atom is 0.242 e. The van der Waals surface area contributed by atoms with Crippen LogP contribution >= 0.6 is 0 Å². The van der Waals surface area contributed by atoms with E-state index in [4.69, 9.17) is 5.73 Å². The molecule has 0 aromatic heterocycles. The summed E-state index contributed by atoms with van der Waals surface area (Å²) < 4.78 is 0. The Morgan fingerprint density at radius 3 is 2.10 bits per heavy atom. The molecule has 8 nitrogen and oxygen atoms in total. The summed E-state index contributed by atoms with van der Waals surface area (Å²) in [5, 5.41) is 3.37. The third-order valence-corrected chi connectivity index (χ3v) is 9.03. The summed E-state index contributed by atoms with van der Waals surface area (Å²) in [7, 11) is 2.13. The van der Waals surface area contributed by atoms with Crippen molar-refractivity contribution in [3.05, 3.63) is 71.8 Å². The van der Waals surface area contributed by atoms with Crippen molar-refractivity contribution in [3.8, 4) is 0 Å². The first-order chi connectivity index (χ1) is 20.4. The summed E-state index contributed by atoms with van der Waals surface area (Å²) in [5.41, 5.74) is 8.05. The van der Waals surface area contributed by atoms with Gasteiger partial charge in [0.15, 0.2) is 0 Å². The quantitative estimate of drug-likeness (QED) is 0.315. The van der Waals surface area contributed by atoms with Crippen LogP contribution in [0.25, 0.3) is 0 Å². The number of nitrogens with two attached hydrogens (primary N) is 1. The largest absolute Gasteiger partial charge is 0.368 e. The van der Waals surface area contributed by atoms with Crippen LogP contribution < -0.4 is 11.1 Å². The summed E-state index contributed by atoms with van der Waals surface area (Å²) >= 11 is 0. The number of hydrogen-bond acceptors (Lipinski definition) is 5. The molecule has 42 heavy (non-hydrogen) atoms. The highest BCUT2D eigenvalue weighted by Gasteiger charge is 2.30. The van der Waals surface area contributed by atoms with Crippen LogP contribution in [0.2, 0.25) is 0 Å². The number of rotatable bonds is 15. The van der Waals surface area contributed by atoms with E-state index in [2.05, 4.69) is 65.8 Å². The average molecular weight is 576 g/mol. The molecule has 1 atom stereocenters. The first-order valence-electron chi connectivity index (χ1n) is 15.8. The highest BCUT2D eigenvalue weighted by atomic mass is 16.2. The second-order valence-electron chi connectivity index (χ2n) is 12.0. The van der Waals surface area contributed by atoms with Gasteiger partial charge < -0.3 is 25.8 Å². The monoisotopic (exact) mass is 575 g/mol. The number of primary amides is 1. The van der Waals surface area contributed by atoms with Crippen LogP contribution in [0, 0.1) is 0 Å². The zero-order chi connectivity index (χ0) is 29.7. The molecule has 3 N–H and O–H groups in total. The lowest BCUT2D eigenvalue weighted by molar-refractivity contribution is -0.143. The topological polar surface area (TPSA) is 99.0 Å².